The summed E-state index contributed by atoms with van der Waals surface area (Å²) in [6, 6.07) is 12.7. The maximum absolute atomic E-state index is 14.1. The van der Waals surface area contributed by atoms with Gasteiger partial charge in [0.15, 0.2) is 10.9 Å². The molecule has 2 aromatic carbocycles. The number of pyridine rings is 1. The Morgan fingerprint density at radius 3 is 2.72 bits per heavy atom. The molecule has 0 radical (unpaired) electrons. The zero-order valence-corrected chi connectivity index (χ0v) is 16.6. The zero-order chi connectivity index (χ0) is 20.4. The Kier molecular flexibility index (Phi) is 5.51. The van der Waals surface area contributed by atoms with Crippen LogP contribution in [-0.2, 0) is 17.8 Å². The molecule has 4 rings (SSSR count). The Morgan fingerprint density at radius 1 is 1.14 bits per heavy atom. The van der Waals surface area contributed by atoms with E-state index in [0.29, 0.717) is 15.3 Å². The molecule has 0 spiro atoms. The van der Waals surface area contributed by atoms with Crippen molar-refractivity contribution in [2.45, 2.75) is 13.0 Å². The molecule has 0 aliphatic carbocycles. The number of anilines is 1. The number of halogens is 3. The van der Waals surface area contributed by atoms with Gasteiger partial charge in [-0.25, -0.2) is 13.8 Å². The number of carbonyl (C=O) groups excluding carboxylic acids is 1. The van der Waals surface area contributed by atoms with Crippen LogP contribution >= 0.6 is 22.9 Å². The number of nitrogens with zero attached hydrogens (tertiary/aromatic N) is 3. The van der Waals surface area contributed by atoms with E-state index in [9.17, 15) is 13.6 Å². The summed E-state index contributed by atoms with van der Waals surface area (Å²) in [5.41, 5.74) is 1.49. The average molecular weight is 430 g/mol. The van der Waals surface area contributed by atoms with Gasteiger partial charge in [-0.05, 0) is 29.3 Å². The van der Waals surface area contributed by atoms with Gasteiger partial charge in [0, 0.05) is 23.5 Å². The van der Waals surface area contributed by atoms with Crippen LogP contribution in [0.3, 0.4) is 0 Å². The third kappa shape index (κ3) is 4.26. The highest BCUT2D eigenvalue weighted by molar-refractivity contribution is 7.22. The molecule has 146 valence electrons. The van der Waals surface area contributed by atoms with Crippen molar-refractivity contribution in [2.24, 2.45) is 0 Å². The molecule has 0 saturated heterocycles. The topological polar surface area (TPSA) is 46.1 Å². The number of amides is 1. The third-order valence-corrected chi connectivity index (χ3v) is 5.69. The van der Waals surface area contributed by atoms with Crippen LogP contribution in [0, 0.1) is 11.6 Å². The van der Waals surface area contributed by atoms with Crippen LogP contribution in [0.25, 0.3) is 10.2 Å². The Morgan fingerprint density at radius 2 is 1.97 bits per heavy atom. The third-order valence-electron chi connectivity index (χ3n) is 4.30. The number of rotatable bonds is 5. The van der Waals surface area contributed by atoms with Crippen LogP contribution in [0.4, 0.5) is 13.9 Å². The second-order valence-electron chi connectivity index (χ2n) is 6.34. The highest BCUT2D eigenvalue weighted by atomic mass is 35.5. The van der Waals surface area contributed by atoms with E-state index in [2.05, 4.69) is 9.97 Å². The zero-order valence-electron chi connectivity index (χ0n) is 15.0. The van der Waals surface area contributed by atoms with Crippen LogP contribution in [0.15, 0.2) is 60.9 Å². The molecular formula is C21H14ClF2N3OS. The van der Waals surface area contributed by atoms with E-state index >= 15 is 0 Å². The first kappa shape index (κ1) is 19.4. The lowest BCUT2D eigenvalue weighted by Crippen LogP contribution is -2.31. The number of fused-ring (bicyclic) bond motifs is 1. The van der Waals surface area contributed by atoms with Crippen molar-refractivity contribution in [3.8, 4) is 0 Å². The minimum atomic E-state index is -0.762. The molecule has 29 heavy (non-hydrogen) atoms. The van der Waals surface area contributed by atoms with Crippen molar-refractivity contribution in [3.05, 3.63) is 88.7 Å². The number of aromatic nitrogens is 2. The van der Waals surface area contributed by atoms with E-state index in [1.54, 1.807) is 42.7 Å². The average Bonchev–Trinajstić information content (AvgIpc) is 3.12. The SMILES string of the molecule is O=C(Cc1ccccc1Cl)N(Cc1cccnc1)c1nc2c(F)cc(F)cc2s1. The molecule has 8 heteroatoms. The van der Waals surface area contributed by atoms with Crippen LogP contribution in [0.1, 0.15) is 11.1 Å². The summed E-state index contributed by atoms with van der Waals surface area (Å²) in [5.74, 6) is -1.71. The molecule has 0 aliphatic heterocycles. The lowest BCUT2D eigenvalue weighted by molar-refractivity contribution is -0.118. The smallest absolute Gasteiger partial charge is 0.233 e. The Hall–Kier alpha value is -2.90. The molecule has 2 aromatic heterocycles. The molecular weight excluding hydrogens is 416 g/mol. The fourth-order valence-corrected chi connectivity index (χ4v) is 4.12. The minimum Gasteiger partial charge on any atom is -0.283 e. The quantitative estimate of drug-likeness (QED) is 0.426. The van der Waals surface area contributed by atoms with Crippen molar-refractivity contribution >= 4 is 44.2 Å². The lowest BCUT2D eigenvalue weighted by atomic mass is 10.1. The largest absolute Gasteiger partial charge is 0.283 e. The summed E-state index contributed by atoms with van der Waals surface area (Å²) < 4.78 is 28.0. The fraction of sp³-hybridized carbons (Fsp3) is 0.0952. The first-order chi connectivity index (χ1) is 14.0. The summed E-state index contributed by atoms with van der Waals surface area (Å²) in [5, 5.41) is 0.769. The molecule has 0 saturated carbocycles. The normalized spacial score (nSPS) is 11.0. The molecule has 0 unspecified atom stereocenters. The molecule has 0 aliphatic rings. The number of benzene rings is 2. The van der Waals surface area contributed by atoms with Crippen molar-refractivity contribution in [3.63, 3.8) is 0 Å². The van der Waals surface area contributed by atoms with Gasteiger partial charge in [0.2, 0.25) is 5.91 Å². The summed E-state index contributed by atoms with van der Waals surface area (Å²) in [6.45, 7) is 0.195. The molecule has 0 N–H and O–H groups in total. The number of hydrogen-bond donors (Lipinski definition) is 0. The van der Waals surface area contributed by atoms with E-state index in [-0.39, 0.29) is 29.5 Å². The van der Waals surface area contributed by atoms with Gasteiger partial charge in [0.05, 0.1) is 17.7 Å². The van der Waals surface area contributed by atoms with Crippen molar-refractivity contribution in [1.29, 1.82) is 0 Å². The monoisotopic (exact) mass is 429 g/mol. The molecule has 4 aromatic rings. The predicted molar refractivity (Wildman–Crippen MR) is 110 cm³/mol. The molecule has 1 amide bonds. The molecule has 0 atom stereocenters. The summed E-state index contributed by atoms with van der Waals surface area (Å²) >= 11 is 7.25. The van der Waals surface area contributed by atoms with Crippen molar-refractivity contribution < 1.29 is 13.6 Å². The summed E-state index contributed by atoms with van der Waals surface area (Å²) in [6.07, 6.45) is 3.32. The molecule has 0 bridgehead atoms. The minimum absolute atomic E-state index is 0.0353. The second kappa shape index (κ2) is 8.23. The van der Waals surface area contributed by atoms with E-state index in [0.717, 1.165) is 23.0 Å². The van der Waals surface area contributed by atoms with E-state index in [4.69, 9.17) is 11.6 Å². The van der Waals surface area contributed by atoms with Crippen LogP contribution in [-0.4, -0.2) is 15.9 Å². The van der Waals surface area contributed by atoms with Gasteiger partial charge < -0.3 is 0 Å². The lowest BCUT2D eigenvalue weighted by Gasteiger charge is -2.20. The number of carbonyl (C=O) groups is 1. The van der Waals surface area contributed by atoms with Crippen LogP contribution < -0.4 is 4.90 Å². The fourth-order valence-electron chi connectivity index (χ4n) is 2.90. The number of thiazole rings is 1. The highest BCUT2D eigenvalue weighted by Gasteiger charge is 2.22. The second-order valence-corrected chi connectivity index (χ2v) is 7.76. The van der Waals surface area contributed by atoms with Crippen molar-refractivity contribution in [1.82, 2.24) is 9.97 Å². The van der Waals surface area contributed by atoms with Gasteiger partial charge in [-0.15, -0.1) is 0 Å². The molecule has 4 nitrogen and oxygen atoms in total. The van der Waals surface area contributed by atoms with Gasteiger partial charge in [-0.2, -0.15) is 0 Å². The standard InChI is InChI=1S/C21H14ClF2N3OS/c22-16-6-2-1-5-14(16)8-19(28)27(12-13-4-3-7-25-11-13)21-26-20-17(24)9-15(23)10-18(20)29-21/h1-7,9-11H,8,12H2. The van der Waals surface area contributed by atoms with Gasteiger partial charge >= 0.3 is 0 Å². The van der Waals surface area contributed by atoms with Crippen LogP contribution in [0.2, 0.25) is 5.02 Å². The summed E-state index contributed by atoms with van der Waals surface area (Å²) in [4.78, 5) is 22.9. The maximum Gasteiger partial charge on any atom is 0.233 e. The van der Waals surface area contributed by atoms with E-state index < -0.39 is 11.6 Å². The first-order valence-electron chi connectivity index (χ1n) is 8.69. The number of hydrogen-bond acceptors (Lipinski definition) is 4. The van der Waals surface area contributed by atoms with Crippen molar-refractivity contribution in [2.75, 3.05) is 4.90 Å². The summed E-state index contributed by atoms with van der Waals surface area (Å²) in [7, 11) is 0. The van der Waals surface area contributed by atoms with Gasteiger partial charge in [-0.3, -0.25) is 14.7 Å². The maximum atomic E-state index is 14.1. The van der Waals surface area contributed by atoms with Gasteiger partial charge in [0.1, 0.15) is 11.3 Å². The molecule has 0 fully saturated rings. The van der Waals surface area contributed by atoms with Crippen LogP contribution in [0.5, 0.6) is 0 Å². The van der Waals surface area contributed by atoms with E-state index in [1.807, 2.05) is 6.07 Å². The molecule has 2 heterocycles. The Balaban J connectivity index is 1.73. The highest BCUT2D eigenvalue weighted by Crippen LogP contribution is 2.32. The van der Waals surface area contributed by atoms with E-state index in [1.165, 1.54) is 11.0 Å². The Labute approximate surface area is 174 Å². The predicted octanol–water partition coefficient (Wildman–Crippen LogP) is 5.40. The van der Waals surface area contributed by atoms with Gasteiger partial charge in [-0.1, -0.05) is 47.2 Å². The Bertz CT molecular complexity index is 1180. The first-order valence-corrected chi connectivity index (χ1v) is 9.89. The van der Waals surface area contributed by atoms with Gasteiger partial charge in [0.25, 0.3) is 0 Å².